The number of allylic oxidation sites excluding steroid dienone is 10. The van der Waals surface area contributed by atoms with Gasteiger partial charge in [0.2, 0.25) is 0 Å². The van der Waals surface area contributed by atoms with E-state index in [2.05, 4.69) is 81.5 Å². The lowest BCUT2D eigenvalue weighted by Gasteiger charge is -2.18. The summed E-state index contributed by atoms with van der Waals surface area (Å²) in [5.74, 6) is -0.899. The maximum Gasteiger partial charge on any atom is 0.306 e. The van der Waals surface area contributed by atoms with Crippen LogP contribution in [0.3, 0.4) is 0 Å². The highest BCUT2D eigenvalue weighted by Gasteiger charge is 2.19. The van der Waals surface area contributed by atoms with Crippen molar-refractivity contribution in [3.63, 3.8) is 0 Å². The van der Waals surface area contributed by atoms with Crippen molar-refractivity contribution in [2.75, 3.05) is 13.2 Å². The van der Waals surface area contributed by atoms with E-state index >= 15 is 0 Å². The fraction of sp³-hybridized carbons (Fsp3) is 0.776. The Balaban J connectivity index is 4.35. The van der Waals surface area contributed by atoms with Gasteiger partial charge in [-0.3, -0.25) is 14.4 Å². The Morgan fingerprint density at radius 1 is 0.328 bits per heavy atom. The van der Waals surface area contributed by atoms with E-state index in [4.69, 9.17) is 14.2 Å². The zero-order chi connectivity index (χ0) is 46.5. The number of ether oxygens (including phenoxy) is 3. The van der Waals surface area contributed by atoms with Gasteiger partial charge in [-0.2, -0.15) is 0 Å². The molecular formula is C58H102O6. The van der Waals surface area contributed by atoms with Gasteiger partial charge >= 0.3 is 17.9 Å². The zero-order valence-corrected chi connectivity index (χ0v) is 42.3. The van der Waals surface area contributed by atoms with E-state index in [1.165, 1.54) is 135 Å². The third kappa shape index (κ3) is 50.1. The van der Waals surface area contributed by atoms with Crippen molar-refractivity contribution in [2.45, 2.75) is 277 Å². The van der Waals surface area contributed by atoms with Gasteiger partial charge in [0.05, 0.1) is 0 Å². The van der Waals surface area contributed by atoms with Gasteiger partial charge in [-0.05, 0) is 96.3 Å². The van der Waals surface area contributed by atoms with Crippen molar-refractivity contribution in [3.05, 3.63) is 60.8 Å². The summed E-state index contributed by atoms with van der Waals surface area (Å²) in [5, 5.41) is 0. The molecule has 0 rings (SSSR count). The van der Waals surface area contributed by atoms with Crippen molar-refractivity contribution in [1.82, 2.24) is 0 Å². The first-order valence-electron chi connectivity index (χ1n) is 27.3. The molecule has 0 aliphatic heterocycles. The predicted molar refractivity (Wildman–Crippen MR) is 275 cm³/mol. The van der Waals surface area contributed by atoms with E-state index < -0.39 is 6.10 Å². The minimum atomic E-state index is -0.783. The Bertz CT molecular complexity index is 1170. The van der Waals surface area contributed by atoms with E-state index in [-0.39, 0.29) is 31.1 Å². The normalized spacial score (nSPS) is 12.5. The minimum absolute atomic E-state index is 0.0823. The van der Waals surface area contributed by atoms with Crippen molar-refractivity contribution in [1.29, 1.82) is 0 Å². The number of carbonyl (C=O) groups excluding carboxylic acids is 3. The summed E-state index contributed by atoms with van der Waals surface area (Å²) in [7, 11) is 0. The monoisotopic (exact) mass is 895 g/mol. The smallest absolute Gasteiger partial charge is 0.306 e. The molecule has 6 heteroatoms. The van der Waals surface area contributed by atoms with Crippen LogP contribution < -0.4 is 0 Å². The standard InChI is InChI=1S/C58H102O6/c1-4-7-10-13-16-19-22-24-26-28-29-30-32-33-36-39-42-45-48-51-57(60)63-54-55(53-62-56(59)50-47-44-41-38-35-21-18-15-12-9-6-3)64-58(61)52-49-46-43-40-37-34-31-27-25-23-20-17-14-11-8-5-2/h7,10,15-16,18-19,24,26-27,31,55H,4-6,8-9,11-14,17,20-23,25,28-30,32-54H2,1-3H3/b10-7-,18-15-,19-16-,26-24-,31-27-. The average Bonchev–Trinajstić information content (AvgIpc) is 3.29. The van der Waals surface area contributed by atoms with Crippen LogP contribution in [0, 0.1) is 0 Å². The van der Waals surface area contributed by atoms with Gasteiger partial charge < -0.3 is 14.2 Å². The molecule has 0 spiro atoms. The number of esters is 3. The van der Waals surface area contributed by atoms with Crippen molar-refractivity contribution in [3.8, 4) is 0 Å². The summed E-state index contributed by atoms with van der Waals surface area (Å²) in [4.78, 5) is 38.0. The molecule has 0 aliphatic carbocycles. The molecule has 0 aromatic heterocycles. The number of hydrogen-bond donors (Lipinski definition) is 0. The van der Waals surface area contributed by atoms with E-state index in [1.54, 1.807) is 0 Å². The highest BCUT2D eigenvalue weighted by molar-refractivity contribution is 5.71. The average molecular weight is 895 g/mol. The van der Waals surface area contributed by atoms with E-state index in [0.717, 1.165) is 96.3 Å². The summed E-state index contributed by atoms with van der Waals surface area (Å²) in [6, 6.07) is 0. The van der Waals surface area contributed by atoms with Crippen LogP contribution in [-0.4, -0.2) is 37.2 Å². The van der Waals surface area contributed by atoms with Crippen LogP contribution in [0.4, 0.5) is 0 Å². The van der Waals surface area contributed by atoms with Crippen LogP contribution in [0.1, 0.15) is 271 Å². The maximum absolute atomic E-state index is 12.8. The first-order chi connectivity index (χ1) is 31.5. The molecule has 1 atom stereocenters. The summed E-state index contributed by atoms with van der Waals surface area (Å²) in [6.45, 7) is 6.48. The first kappa shape index (κ1) is 61.1. The fourth-order valence-corrected chi connectivity index (χ4v) is 7.61. The Hall–Kier alpha value is -2.89. The quantitative estimate of drug-likeness (QED) is 0.0262. The van der Waals surface area contributed by atoms with E-state index in [1.807, 2.05) is 0 Å². The Kier molecular flexibility index (Phi) is 50.4. The van der Waals surface area contributed by atoms with E-state index in [0.29, 0.717) is 19.3 Å². The Morgan fingerprint density at radius 3 is 1.02 bits per heavy atom. The lowest BCUT2D eigenvalue weighted by atomic mass is 10.1. The number of carbonyl (C=O) groups is 3. The van der Waals surface area contributed by atoms with Crippen molar-refractivity contribution in [2.24, 2.45) is 0 Å². The highest BCUT2D eigenvalue weighted by Crippen LogP contribution is 2.15. The van der Waals surface area contributed by atoms with Crippen LogP contribution in [0.5, 0.6) is 0 Å². The van der Waals surface area contributed by atoms with Gasteiger partial charge in [0, 0.05) is 19.3 Å². The minimum Gasteiger partial charge on any atom is -0.462 e. The zero-order valence-electron chi connectivity index (χ0n) is 42.3. The lowest BCUT2D eigenvalue weighted by Crippen LogP contribution is -2.30. The third-order valence-electron chi connectivity index (χ3n) is 11.7. The van der Waals surface area contributed by atoms with Gasteiger partial charge in [0.1, 0.15) is 13.2 Å². The number of hydrogen-bond acceptors (Lipinski definition) is 6. The first-order valence-corrected chi connectivity index (χ1v) is 27.3. The molecule has 0 amide bonds. The second-order valence-corrected chi connectivity index (χ2v) is 18.1. The summed E-state index contributed by atoms with van der Waals surface area (Å²) >= 11 is 0. The maximum atomic E-state index is 12.8. The largest absolute Gasteiger partial charge is 0.462 e. The van der Waals surface area contributed by atoms with Crippen LogP contribution in [0.2, 0.25) is 0 Å². The molecule has 370 valence electrons. The molecule has 0 N–H and O–H groups in total. The summed E-state index contributed by atoms with van der Waals surface area (Å²) in [5.41, 5.74) is 0. The molecule has 0 saturated heterocycles. The second-order valence-electron chi connectivity index (χ2n) is 18.1. The molecule has 0 saturated carbocycles. The molecule has 0 fully saturated rings. The molecule has 0 heterocycles. The van der Waals surface area contributed by atoms with E-state index in [9.17, 15) is 14.4 Å². The molecular weight excluding hydrogens is 793 g/mol. The van der Waals surface area contributed by atoms with Crippen LogP contribution >= 0.6 is 0 Å². The highest BCUT2D eigenvalue weighted by atomic mass is 16.6. The molecule has 0 radical (unpaired) electrons. The van der Waals surface area contributed by atoms with Crippen molar-refractivity contribution < 1.29 is 28.6 Å². The molecule has 0 bridgehead atoms. The molecule has 64 heavy (non-hydrogen) atoms. The number of rotatable bonds is 49. The Labute approximate surface area is 396 Å². The van der Waals surface area contributed by atoms with Gasteiger partial charge in [0.25, 0.3) is 0 Å². The molecule has 0 aromatic rings. The van der Waals surface area contributed by atoms with Gasteiger partial charge in [-0.25, -0.2) is 0 Å². The van der Waals surface area contributed by atoms with Gasteiger partial charge in [-0.1, -0.05) is 216 Å². The molecule has 0 aliphatic rings. The summed E-state index contributed by atoms with van der Waals surface area (Å²) < 4.78 is 16.8. The third-order valence-corrected chi connectivity index (χ3v) is 11.7. The molecule has 6 nitrogen and oxygen atoms in total. The second kappa shape index (κ2) is 52.7. The van der Waals surface area contributed by atoms with Crippen LogP contribution in [0.15, 0.2) is 60.8 Å². The SMILES string of the molecule is CC/C=C\C/C=C\C/C=C\CCCCCCCCCCCC(=O)OCC(COC(=O)CCCCCCC/C=C\CCCC)OC(=O)CCCCCCC/C=C\CCCCCCCCC. The Morgan fingerprint density at radius 2 is 0.625 bits per heavy atom. The van der Waals surface area contributed by atoms with Crippen LogP contribution in [0.25, 0.3) is 0 Å². The number of unbranched alkanes of at least 4 members (excludes halogenated alkanes) is 28. The topological polar surface area (TPSA) is 78.9 Å². The molecule has 1 unspecified atom stereocenters. The summed E-state index contributed by atoms with van der Waals surface area (Å²) in [6.07, 6.45) is 64.9. The molecule has 0 aromatic carbocycles. The van der Waals surface area contributed by atoms with Gasteiger partial charge in [-0.15, -0.1) is 0 Å². The van der Waals surface area contributed by atoms with Crippen molar-refractivity contribution >= 4 is 17.9 Å². The fourth-order valence-electron chi connectivity index (χ4n) is 7.61. The van der Waals surface area contributed by atoms with Gasteiger partial charge in [0.15, 0.2) is 6.10 Å². The predicted octanol–water partition coefficient (Wildman–Crippen LogP) is 18.0. The van der Waals surface area contributed by atoms with Crippen LogP contribution in [-0.2, 0) is 28.6 Å². The lowest BCUT2D eigenvalue weighted by molar-refractivity contribution is -0.167.